The van der Waals surface area contributed by atoms with E-state index in [1.54, 1.807) is 0 Å². The Morgan fingerprint density at radius 3 is 1.95 bits per heavy atom. The molecule has 5 N–H and O–H groups in total. The highest BCUT2D eigenvalue weighted by Crippen LogP contribution is 2.08. The Kier molecular flexibility index (Phi) is 7.63. The lowest BCUT2D eigenvalue weighted by Gasteiger charge is -2.23. The monoisotopic (exact) mass is 274 g/mol. The number of aliphatic hydroxyl groups is 1. The molecule has 112 valence electrons. The summed E-state index contributed by atoms with van der Waals surface area (Å²) in [4.78, 5) is 22.8. The van der Waals surface area contributed by atoms with Crippen LogP contribution in [0, 0.1) is 11.8 Å². The third-order valence-corrected chi connectivity index (χ3v) is 2.74. The van der Waals surface area contributed by atoms with E-state index >= 15 is 0 Å². The topological polar surface area (TPSA) is 113 Å². The number of amides is 1. The van der Waals surface area contributed by atoms with Crippen molar-refractivity contribution in [2.24, 2.45) is 17.6 Å². The smallest absolute Gasteiger partial charge is 0.326 e. The van der Waals surface area contributed by atoms with Gasteiger partial charge < -0.3 is 21.3 Å². The van der Waals surface area contributed by atoms with Crippen LogP contribution >= 0.6 is 0 Å². The Balaban J connectivity index is 4.50. The van der Waals surface area contributed by atoms with Crippen LogP contribution in [0.2, 0.25) is 0 Å². The summed E-state index contributed by atoms with van der Waals surface area (Å²) in [7, 11) is 0. The molecule has 3 atom stereocenters. The summed E-state index contributed by atoms with van der Waals surface area (Å²) < 4.78 is 0. The molecule has 0 rings (SSSR count). The lowest BCUT2D eigenvalue weighted by Crippen LogP contribution is -2.51. The summed E-state index contributed by atoms with van der Waals surface area (Å²) in [6.45, 7) is 7.60. The molecule has 0 radical (unpaired) electrons. The lowest BCUT2D eigenvalue weighted by molar-refractivity contribution is -0.144. The van der Waals surface area contributed by atoms with E-state index in [-0.39, 0.29) is 11.8 Å². The predicted octanol–water partition coefficient (Wildman–Crippen LogP) is 0.336. The summed E-state index contributed by atoms with van der Waals surface area (Å²) in [5.74, 6) is -1.45. The number of carboxylic acid groups (broad SMARTS) is 1. The highest BCUT2D eigenvalue weighted by molar-refractivity contribution is 5.86. The van der Waals surface area contributed by atoms with E-state index in [4.69, 9.17) is 10.8 Å². The van der Waals surface area contributed by atoms with E-state index in [1.807, 2.05) is 27.7 Å². The molecule has 6 heteroatoms. The minimum absolute atomic E-state index is 0.128. The number of hydrogen-bond donors (Lipinski definition) is 4. The SMILES string of the molecule is CC(C)C[C@H](NC(=O)[C@@H](O)[C@@H](N)CC(C)C)C(=O)O. The van der Waals surface area contributed by atoms with Gasteiger partial charge in [-0.25, -0.2) is 4.79 Å². The number of aliphatic hydroxyl groups excluding tert-OH is 1. The first-order valence-corrected chi connectivity index (χ1v) is 6.62. The van der Waals surface area contributed by atoms with Gasteiger partial charge in [0.25, 0.3) is 5.91 Å². The molecule has 0 aromatic rings. The molecule has 1 amide bonds. The number of rotatable bonds is 8. The molecule has 0 unspecified atom stereocenters. The van der Waals surface area contributed by atoms with Gasteiger partial charge in [0.2, 0.25) is 0 Å². The normalized spacial score (nSPS) is 16.2. The molecule has 19 heavy (non-hydrogen) atoms. The molecule has 0 aromatic carbocycles. The van der Waals surface area contributed by atoms with Gasteiger partial charge in [0.05, 0.1) is 0 Å². The average Bonchev–Trinajstić information content (AvgIpc) is 2.25. The third kappa shape index (κ3) is 7.12. The minimum atomic E-state index is -1.38. The van der Waals surface area contributed by atoms with Crippen LogP contribution in [-0.2, 0) is 9.59 Å². The highest BCUT2D eigenvalue weighted by atomic mass is 16.4. The van der Waals surface area contributed by atoms with Crippen molar-refractivity contribution in [2.75, 3.05) is 0 Å². The molecule has 6 nitrogen and oxygen atoms in total. The molecule has 0 fully saturated rings. The van der Waals surface area contributed by atoms with Gasteiger partial charge in [0.1, 0.15) is 12.1 Å². The zero-order valence-corrected chi connectivity index (χ0v) is 12.1. The van der Waals surface area contributed by atoms with Gasteiger partial charge in [-0.2, -0.15) is 0 Å². The van der Waals surface area contributed by atoms with Crippen molar-refractivity contribution >= 4 is 11.9 Å². The third-order valence-electron chi connectivity index (χ3n) is 2.74. The summed E-state index contributed by atoms with van der Waals surface area (Å²) in [5, 5.41) is 21.1. The second kappa shape index (κ2) is 8.12. The first kappa shape index (κ1) is 17.9. The average molecular weight is 274 g/mol. The maximum absolute atomic E-state index is 11.8. The van der Waals surface area contributed by atoms with Crippen LogP contribution in [0.25, 0.3) is 0 Å². The van der Waals surface area contributed by atoms with Crippen molar-refractivity contribution < 1.29 is 19.8 Å². The largest absolute Gasteiger partial charge is 0.480 e. The van der Waals surface area contributed by atoms with E-state index in [9.17, 15) is 14.7 Å². The molecule has 0 aromatic heterocycles. The number of carbonyl (C=O) groups excluding carboxylic acids is 1. The molecular weight excluding hydrogens is 248 g/mol. The molecule has 0 bridgehead atoms. The van der Waals surface area contributed by atoms with Crippen molar-refractivity contribution in [3.63, 3.8) is 0 Å². The minimum Gasteiger partial charge on any atom is -0.480 e. The number of aliphatic carboxylic acids is 1. The number of carboxylic acids is 1. The van der Waals surface area contributed by atoms with Crippen molar-refractivity contribution in [3.8, 4) is 0 Å². The molecule has 0 heterocycles. The lowest BCUT2D eigenvalue weighted by atomic mass is 9.98. The van der Waals surface area contributed by atoms with E-state index in [1.165, 1.54) is 0 Å². The van der Waals surface area contributed by atoms with Gasteiger partial charge in [0.15, 0.2) is 0 Å². The van der Waals surface area contributed by atoms with Gasteiger partial charge >= 0.3 is 5.97 Å². The van der Waals surface area contributed by atoms with Crippen molar-refractivity contribution in [2.45, 2.75) is 58.7 Å². The zero-order chi connectivity index (χ0) is 15.2. The Hall–Kier alpha value is -1.14. The summed E-state index contributed by atoms with van der Waals surface area (Å²) >= 11 is 0. The van der Waals surface area contributed by atoms with E-state index in [0.717, 1.165) is 0 Å². The number of carbonyl (C=O) groups is 2. The molecule has 0 saturated carbocycles. The molecular formula is C13H26N2O4. The summed E-state index contributed by atoms with van der Waals surface area (Å²) in [6, 6.07) is -1.68. The van der Waals surface area contributed by atoms with Crippen LogP contribution in [0.1, 0.15) is 40.5 Å². The van der Waals surface area contributed by atoms with Gasteiger partial charge in [-0.1, -0.05) is 27.7 Å². The van der Waals surface area contributed by atoms with Gasteiger partial charge in [-0.15, -0.1) is 0 Å². The Bertz CT molecular complexity index is 305. The highest BCUT2D eigenvalue weighted by Gasteiger charge is 2.28. The van der Waals surface area contributed by atoms with Crippen LogP contribution in [-0.4, -0.2) is 40.3 Å². The van der Waals surface area contributed by atoms with Crippen LogP contribution in [0.4, 0.5) is 0 Å². The van der Waals surface area contributed by atoms with E-state index in [0.29, 0.717) is 12.8 Å². The quantitative estimate of drug-likeness (QED) is 0.509. The molecule has 0 aliphatic heterocycles. The molecule has 0 spiro atoms. The van der Waals surface area contributed by atoms with Crippen molar-refractivity contribution in [1.29, 1.82) is 0 Å². The first-order chi connectivity index (χ1) is 8.65. The van der Waals surface area contributed by atoms with Crippen molar-refractivity contribution in [3.05, 3.63) is 0 Å². The fraction of sp³-hybridized carbons (Fsp3) is 0.846. The van der Waals surface area contributed by atoms with Crippen molar-refractivity contribution in [1.82, 2.24) is 5.32 Å². The van der Waals surface area contributed by atoms with Crippen LogP contribution in [0.5, 0.6) is 0 Å². The zero-order valence-electron chi connectivity index (χ0n) is 12.1. The number of nitrogens with one attached hydrogen (secondary N) is 1. The van der Waals surface area contributed by atoms with Gasteiger partial charge in [-0.05, 0) is 24.7 Å². The Labute approximate surface area is 114 Å². The first-order valence-electron chi connectivity index (χ1n) is 6.62. The van der Waals surface area contributed by atoms with Crippen LogP contribution < -0.4 is 11.1 Å². The molecule has 0 aliphatic carbocycles. The van der Waals surface area contributed by atoms with Gasteiger partial charge in [0, 0.05) is 6.04 Å². The molecule has 0 aliphatic rings. The second-order valence-corrected chi connectivity index (χ2v) is 5.77. The molecule has 0 saturated heterocycles. The van der Waals surface area contributed by atoms with Crippen LogP contribution in [0.3, 0.4) is 0 Å². The standard InChI is InChI=1S/C13H26N2O4/c1-7(2)5-9(14)11(16)12(17)15-10(13(18)19)6-8(3)4/h7-11,16H,5-6,14H2,1-4H3,(H,15,17)(H,18,19)/t9-,10-,11-/m0/s1. The fourth-order valence-corrected chi connectivity index (χ4v) is 1.82. The number of nitrogens with two attached hydrogens (primary N) is 1. The van der Waals surface area contributed by atoms with Crippen LogP contribution in [0.15, 0.2) is 0 Å². The number of hydrogen-bond acceptors (Lipinski definition) is 4. The summed E-state index contributed by atoms with van der Waals surface area (Å²) in [5.41, 5.74) is 5.71. The maximum atomic E-state index is 11.8. The fourth-order valence-electron chi connectivity index (χ4n) is 1.82. The predicted molar refractivity (Wildman–Crippen MR) is 72.5 cm³/mol. The Morgan fingerprint density at radius 1 is 1.11 bits per heavy atom. The van der Waals surface area contributed by atoms with E-state index in [2.05, 4.69) is 5.32 Å². The van der Waals surface area contributed by atoms with E-state index < -0.39 is 30.1 Å². The maximum Gasteiger partial charge on any atom is 0.326 e. The second-order valence-electron chi connectivity index (χ2n) is 5.77. The van der Waals surface area contributed by atoms with Gasteiger partial charge in [-0.3, -0.25) is 4.79 Å². The Morgan fingerprint density at radius 2 is 1.58 bits per heavy atom. The summed E-state index contributed by atoms with van der Waals surface area (Å²) in [6.07, 6.45) is -0.569.